The zero-order valence-electron chi connectivity index (χ0n) is 16.2. The third-order valence-electron chi connectivity index (χ3n) is 4.47. The fourth-order valence-electron chi connectivity index (χ4n) is 3.02. The van der Waals surface area contributed by atoms with Gasteiger partial charge in [-0.05, 0) is 0 Å². The van der Waals surface area contributed by atoms with E-state index in [4.69, 9.17) is 18.9 Å². The molecule has 0 radical (unpaired) electrons. The second kappa shape index (κ2) is 8.59. The van der Waals surface area contributed by atoms with Gasteiger partial charge in [-0.1, -0.05) is 0 Å². The summed E-state index contributed by atoms with van der Waals surface area (Å²) in [7, 11) is 4.25. The Labute approximate surface area is 166 Å². The van der Waals surface area contributed by atoms with Gasteiger partial charge in [0.2, 0.25) is 11.8 Å². The van der Waals surface area contributed by atoms with Gasteiger partial charge in [0.1, 0.15) is 11.7 Å². The van der Waals surface area contributed by atoms with Crippen molar-refractivity contribution in [3.8, 4) is 23.3 Å². The molecule has 1 fully saturated rings. The van der Waals surface area contributed by atoms with E-state index in [1.54, 1.807) is 12.1 Å². The van der Waals surface area contributed by atoms with Gasteiger partial charge in [-0.3, -0.25) is 14.9 Å². The smallest absolute Gasteiger partial charge is 0.286 e. The lowest BCUT2D eigenvalue weighted by Crippen LogP contribution is -2.31. The summed E-state index contributed by atoms with van der Waals surface area (Å²) in [4.78, 5) is 25.3. The van der Waals surface area contributed by atoms with Gasteiger partial charge >= 0.3 is 0 Å². The van der Waals surface area contributed by atoms with Crippen LogP contribution in [-0.2, 0) is 0 Å². The molecule has 2 heterocycles. The quantitative estimate of drug-likeness (QED) is 0.500. The Hall–Kier alpha value is -3.63. The fourth-order valence-corrected chi connectivity index (χ4v) is 3.02. The Morgan fingerprint density at radius 1 is 1.10 bits per heavy atom. The molecule has 1 atom stereocenters. The van der Waals surface area contributed by atoms with Crippen molar-refractivity contribution in [2.45, 2.75) is 12.5 Å². The van der Waals surface area contributed by atoms with Gasteiger partial charge in [-0.2, -0.15) is 0 Å². The number of hydrogen-bond donors (Lipinski definition) is 0. The Morgan fingerprint density at radius 3 is 2.34 bits per heavy atom. The number of hydrogen-bond acceptors (Lipinski definition) is 9. The minimum absolute atomic E-state index is 0.0717. The number of methoxy groups -OCH3 is 3. The highest BCUT2D eigenvalue weighted by molar-refractivity contribution is 5.99. The van der Waals surface area contributed by atoms with Gasteiger partial charge in [-0.15, -0.1) is 10.2 Å². The summed E-state index contributed by atoms with van der Waals surface area (Å²) in [6, 6.07) is 5.74. The van der Waals surface area contributed by atoms with Crippen molar-refractivity contribution in [1.29, 1.82) is 0 Å². The maximum absolute atomic E-state index is 12.9. The summed E-state index contributed by atoms with van der Waals surface area (Å²) in [5, 5.41) is 19.2. The van der Waals surface area contributed by atoms with Crippen LogP contribution in [0.4, 0.5) is 5.69 Å². The van der Waals surface area contributed by atoms with Crippen molar-refractivity contribution < 1.29 is 28.7 Å². The first-order valence-corrected chi connectivity index (χ1v) is 8.70. The fraction of sp³-hybridized carbons (Fsp3) is 0.389. The van der Waals surface area contributed by atoms with Crippen LogP contribution >= 0.6 is 0 Å². The molecule has 0 aliphatic carbocycles. The molecule has 29 heavy (non-hydrogen) atoms. The third kappa shape index (κ3) is 4.28. The maximum Gasteiger partial charge on any atom is 0.286 e. The SMILES string of the molecule is COc1ccc(OC2CCN(C(=O)c3cc(OC)c(OC)cc3[N+](=O)[O-])C2)nn1. The average molecular weight is 404 g/mol. The lowest BCUT2D eigenvalue weighted by molar-refractivity contribution is -0.385. The summed E-state index contributed by atoms with van der Waals surface area (Å²) in [5.41, 5.74) is -0.421. The van der Waals surface area contributed by atoms with Crippen LogP contribution in [-0.4, -0.2) is 66.5 Å². The Balaban J connectivity index is 1.76. The van der Waals surface area contributed by atoms with Crippen LogP contribution in [0.25, 0.3) is 0 Å². The normalized spacial score (nSPS) is 15.7. The minimum atomic E-state index is -0.619. The second-order valence-electron chi connectivity index (χ2n) is 6.18. The summed E-state index contributed by atoms with van der Waals surface area (Å²) >= 11 is 0. The van der Waals surface area contributed by atoms with Crippen molar-refractivity contribution in [3.63, 3.8) is 0 Å². The van der Waals surface area contributed by atoms with Gasteiger partial charge in [-0.25, -0.2) is 0 Å². The van der Waals surface area contributed by atoms with Crippen molar-refractivity contribution in [2.75, 3.05) is 34.4 Å². The van der Waals surface area contributed by atoms with Gasteiger partial charge in [0, 0.05) is 31.2 Å². The highest BCUT2D eigenvalue weighted by Gasteiger charge is 2.33. The molecule has 11 heteroatoms. The maximum atomic E-state index is 12.9. The summed E-state index contributed by atoms with van der Waals surface area (Å²) in [5.74, 6) is 0.603. The molecule has 3 rings (SSSR count). The Bertz CT molecular complexity index is 904. The number of aromatic nitrogens is 2. The number of ether oxygens (including phenoxy) is 4. The molecule has 0 spiro atoms. The number of carbonyl (C=O) groups is 1. The minimum Gasteiger partial charge on any atom is -0.493 e. The van der Waals surface area contributed by atoms with Crippen molar-refractivity contribution in [1.82, 2.24) is 15.1 Å². The van der Waals surface area contributed by atoms with Crippen LogP contribution in [0.5, 0.6) is 23.3 Å². The molecule has 1 aliphatic rings. The molecule has 1 aromatic carbocycles. The molecule has 1 unspecified atom stereocenters. The number of amides is 1. The van der Waals surface area contributed by atoms with Crippen LogP contribution < -0.4 is 18.9 Å². The predicted octanol–water partition coefficient (Wildman–Crippen LogP) is 1.70. The average Bonchev–Trinajstić information content (AvgIpc) is 3.21. The second-order valence-corrected chi connectivity index (χ2v) is 6.18. The standard InChI is InChI=1S/C18H20N4O7/c1-26-14-8-12(13(22(24)25)9-15(14)27-2)18(23)21-7-6-11(10-21)29-17-5-4-16(28-3)19-20-17/h4-5,8-9,11H,6-7,10H2,1-3H3. The summed E-state index contributed by atoms with van der Waals surface area (Å²) in [6.45, 7) is 0.649. The van der Waals surface area contributed by atoms with Gasteiger partial charge in [0.15, 0.2) is 11.5 Å². The first-order valence-electron chi connectivity index (χ1n) is 8.70. The first-order chi connectivity index (χ1) is 14.0. The van der Waals surface area contributed by atoms with Crippen LogP contribution in [0.2, 0.25) is 0 Å². The molecule has 0 bridgehead atoms. The van der Waals surface area contributed by atoms with Gasteiger partial charge < -0.3 is 23.8 Å². The lowest BCUT2D eigenvalue weighted by atomic mass is 10.1. The number of rotatable bonds is 7. The van der Waals surface area contributed by atoms with Gasteiger partial charge in [0.05, 0.1) is 38.9 Å². The first kappa shape index (κ1) is 20.1. The van der Waals surface area contributed by atoms with E-state index >= 15 is 0 Å². The van der Waals surface area contributed by atoms with E-state index in [2.05, 4.69) is 10.2 Å². The Kier molecular flexibility index (Phi) is 5.96. The zero-order chi connectivity index (χ0) is 21.0. The highest BCUT2D eigenvalue weighted by Crippen LogP contribution is 2.35. The number of carbonyl (C=O) groups excluding carboxylic acids is 1. The van der Waals surface area contributed by atoms with Crippen LogP contribution in [0.1, 0.15) is 16.8 Å². The van der Waals surface area contributed by atoms with E-state index in [-0.39, 0.29) is 35.4 Å². The topological polar surface area (TPSA) is 126 Å². The van der Waals surface area contributed by atoms with E-state index in [1.165, 1.54) is 38.4 Å². The van der Waals surface area contributed by atoms with E-state index in [9.17, 15) is 14.9 Å². The lowest BCUT2D eigenvalue weighted by Gasteiger charge is -2.18. The number of benzene rings is 1. The molecule has 0 saturated carbocycles. The highest BCUT2D eigenvalue weighted by atomic mass is 16.6. The molecular formula is C18H20N4O7. The monoisotopic (exact) mass is 404 g/mol. The van der Waals surface area contributed by atoms with Crippen molar-refractivity contribution in [3.05, 3.63) is 39.9 Å². The molecule has 1 aliphatic heterocycles. The van der Waals surface area contributed by atoms with Crippen molar-refractivity contribution >= 4 is 11.6 Å². The molecule has 1 amide bonds. The van der Waals surface area contributed by atoms with E-state index < -0.39 is 10.8 Å². The van der Waals surface area contributed by atoms with Crippen LogP contribution in [0.15, 0.2) is 24.3 Å². The molecule has 1 aromatic heterocycles. The number of nitro benzene ring substituents is 1. The molecule has 11 nitrogen and oxygen atoms in total. The van der Waals surface area contributed by atoms with Crippen molar-refractivity contribution in [2.24, 2.45) is 0 Å². The van der Waals surface area contributed by atoms with Crippen LogP contribution in [0.3, 0.4) is 0 Å². The largest absolute Gasteiger partial charge is 0.493 e. The molecule has 0 N–H and O–H groups in total. The number of nitrogens with zero attached hydrogens (tertiary/aromatic N) is 4. The summed E-state index contributed by atoms with van der Waals surface area (Å²) in [6.07, 6.45) is 0.251. The summed E-state index contributed by atoms with van der Waals surface area (Å²) < 4.78 is 21.0. The molecule has 154 valence electrons. The zero-order valence-corrected chi connectivity index (χ0v) is 16.2. The number of nitro groups is 1. The number of likely N-dealkylation sites (tertiary alicyclic amines) is 1. The van der Waals surface area contributed by atoms with E-state index in [0.717, 1.165) is 0 Å². The van der Waals surface area contributed by atoms with Crippen LogP contribution in [0, 0.1) is 10.1 Å². The Morgan fingerprint density at radius 2 is 1.76 bits per heavy atom. The van der Waals surface area contributed by atoms with Gasteiger partial charge in [0.25, 0.3) is 11.6 Å². The van der Waals surface area contributed by atoms with E-state index in [1.807, 2.05) is 0 Å². The predicted molar refractivity (Wildman–Crippen MR) is 99.7 cm³/mol. The molecular weight excluding hydrogens is 384 g/mol. The van der Waals surface area contributed by atoms with E-state index in [0.29, 0.717) is 24.7 Å². The molecule has 1 saturated heterocycles. The molecule has 2 aromatic rings. The third-order valence-corrected chi connectivity index (χ3v) is 4.47.